The first-order valence-electron chi connectivity index (χ1n) is 13.8. The summed E-state index contributed by atoms with van der Waals surface area (Å²) >= 11 is 0. The molecule has 2 aromatic heterocycles. The minimum atomic E-state index is -0.929. The van der Waals surface area contributed by atoms with Gasteiger partial charge < -0.3 is 19.5 Å². The molecule has 0 amide bonds. The maximum Gasteiger partial charge on any atom is 0.422 e. The number of piperidine rings is 1. The smallest absolute Gasteiger partial charge is 0.422 e. The number of anilines is 1. The Morgan fingerprint density at radius 2 is 1.64 bits per heavy atom. The Kier molecular flexibility index (Phi) is 8.19. The predicted octanol–water partition coefficient (Wildman–Crippen LogP) is 6.34. The van der Waals surface area contributed by atoms with E-state index in [2.05, 4.69) is 14.9 Å². The first-order valence-corrected chi connectivity index (χ1v) is 13.8. The van der Waals surface area contributed by atoms with Crippen LogP contribution in [0.2, 0.25) is 0 Å². The van der Waals surface area contributed by atoms with E-state index in [0.717, 1.165) is 32.4 Å². The van der Waals surface area contributed by atoms with E-state index in [4.69, 9.17) is 19.6 Å². The molecule has 1 saturated heterocycles. The largest absolute Gasteiger partial charge is 0.481 e. The van der Waals surface area contributed by atoms with Crippen molar-refractivity contribution in [1.82, 2.24) is 19.5 Å². The minimum Gasteiger partial charge on any atom is -0.481 e. The summed E-state index contributed by atoms with van der Waals surface area (Å²) in [5.41, 5.74) is 1.59. The average Bonchev–Trinajstić information content (AvgIpc) is 3.35. The standard InChI is InChI=1S/C31H32FN5O5/c1-31(2,3)42-30(40)37-27(24-15-16-33-28(34-24)41-23-13-7-20(8-14-23)19-25(38)39)26(21-9-11-22(32)12-10-21)35-29(37)36-17-5-4-6-18-36/h7-16H,4-6,17-19H2,1-3H3,(H,38,39). The molecule has 0 bridgehead atoms. The van der Waals surface area contributed by atoms with Gasteiger partial charge in [0.1, 0.15) is 28.6 Å². The van der Waals surface area contributed by atoms with E-state index in [-0.39, 0.29) is 12.4 Å². The van der Waals surface area contributed by atoms with Gasteiger partial charge in [-0.15, -0.1) is 0 Å². The SMILES string of the molecule is CC(C)(C)OC(=O)n1c(N2CCCCC2)nc(-c2ccc(F)cc2)c1-c1ccnc(Oc2ccc(CC(=O)O)cc2)n1. The van der Waals surface area contributed by atoms with Crippen molar-refractivity contribution in [2.45, 2.75) is 52.1 Å². The molecule has 42 heavy (non-hydrogen) atoms. The highest BCUT2D eigenvalue weighted by Gasteiger charge is 2.32. The monoisotopic (exact) mass is 573 g/mol. The number of carboxylic acid groups (broad SMARTS) is 1. The summed E-state index contributed by atoms with van der Waals surface area (Å²) in [5, 5.41) is 9.02. The van der Waals surface area contributed by atoms with Crippen LogP contribution in [0, 0.1) is 5.82 Å². The summed E-state index contributed by atoms with van der Waals surface area (Å²) in [5.74, 6) is -0.486. The van der Waals surface area contributed by atoms with Gasteiger partial charge >= 0.3 is 18.1 Å². The number of rotatable bonds is 7. The summed E-state index contributed by atoms with van der Waals surface area (Å²) in [6, 6.07) is 14.1. The summed E-state index contributed by atoms with van der Waals surface area (Å²) in [4.78, 5) is 40.6. The maximum absolute atomic E-state index is 13.9. The van der Waals surface area contributed by atoms with Crippen LogP contribution in [-0.2, 0) is 16.0 Å². The zero-order valence-electron chi connectivity index (χ0n) is 23.7. The van der Waals surface area contributed by atoms with Crippen LogP contribution in [0.3, 0.4) is 0 Å². The van der Waals surface area contributed by atoms with Crippen molar-refractivity contribution in [3.63, 3.8) is 0 Å². The fourth-order valence-corrected chi connectivity index (χ4v) is 4.72. The summed E-state index contributed by atoms with van der Waals surface area (Å²) in [6.07, 6.45) is 3.79. The van der Waals surface area contributed by atoms with Crippen molar-refractivity contribution in [2.75, 3.05) is 18.0 Å². The zero-order valence-corrected chi connectivity index (χ0v) is 23.7. The number of ether oxygens (including phenoxy) is 2. The Morgan fingerprint density at radius 3 is 2.29 bits per heavy atom. The molecule has 2 aromatic carbocycles. The molecule has 0 atom stereocenters. The van der Waals surface area contributed by atoms with Crippen LogP contribution in [-0.4, -0.2) is 55.4 Å². The molecule has 1 fully saturated rings. The van der Waals surface area contributed by atoms with Gasteiger partial charge in [0.05, 0.1) is 12.1 Å². The molecular weight excluding hydrogens is 541 g/mol. The van der Waals surface area contributed by atoms with Gasteiger partial charge in [-0.3, -0.25) is 4.79 Å². The molecule has 0 unspecified atom stereocenters. The van der Waals surface area contributed by atoms with Gasteiger partial charge in [-0.05, 0) is 88.1 Å². The van der Waals surface area contributed by atoms with E-state index >= 15 is 0 Å². The highest BCUT2D eigenvalue weighted by molar-refractivity contribution is 5.89. The lowest BCUT2D eigenvalue weighted by Crippen LogP contribution is -2.35. The van der Waals surface area contributed by atoms with E-state index in [1.807, 2.05) is 0 Å². The van der Waals surface area contributed by atoms with Gasteiger partial charge in [0.2, 0.25) is 5.95 Å². The van der Waals surface area contributed by atoms with E-state index in [1.54, 1.807) is 63.2 Å². The molecule has 0 radical (unpaired) electrons. The molecular formula is C31H32FN5O5. The second-order valence-electron chi connectivity index (χ2n) is 11.0. The second-order valence-corrected chi connectivity index (χ2v) is 11.0. The average molecular weight is 574 g/mol. The molecule has 5 rings (SSSR count). The minimum absolute atomic E-state index is 0.0139. The molecule has 218 valence electrons. The van der Waals surface area contributed by atoms with Crippen molar-refractivity contribution in [3.05, 3.63) is 72.2 Å². The van der Waals surface area contributed by atoms with Crippen molar-refractivity contribution >= 4 is 18.0 Å². The molecule has 1 aliphatic heterocycles. The number of hydrogen-bond acceptors (Lipinski definition) is 8. The zero-order chi connectivity index (χ0) is 29.9. The highest BCUT2D eigenvalue weighted by atomic mass is 19.1. The van der Waals surface area contributed by atoms with E-state index in [0.29, 0.717) is 39.9 Å². The van der Waals surface area contributed by atoms with Crippen LogP contribution < -0.4 is 9.64 Å². The fraction of sp³-hybridized carbons (Fsp3) is 0.323. The first kappa shape index (κ1) is 28.7. The Labute approximate surface area is 242 Å². The third-order valence-electron chi connectivity index (χ3n) is 6.56. The molecule has 11 heteroatoms. The number of aliphatic carboxylic acids is 1. The van der Waals surface area contributed by atoms with Crippen LogP contribution in [0.15, 0.2) is 60.8 Å². The normalized spacial score (nSPS) is 13.6. The molecule has 4 aromatic rings. The molecule has 1 aliphatic rings. The van der Waals surface area contributed by atoms with E-state index in [1.165, 1.54) is 22.9 Å². The Morgan fingerprint density at radius 1 is 0.952 bits per heavy atom. The topological polar surface area (TPSA) is 120 Å². The second kappa shape index (κ2) is 12.0. The van der Waals surface area contributed by atoms with Crippen LogP contribution in [0.1, 0.15) is 45.6 Å². The van der Waals surface area contributed by atoms with Crippen molar-refractivity contribution < 1.29 is 28.6 Å². The van der Waals surface area contributed by atoms with Crippen LogP contribution in [0.25, 0.3) is 22.6 Å². The predicted molar refractivity (Wildman–Crippen MR) is 154 cm³/mol. The number of aromatic nitrogens is 4. The molecule has 0 aliphatic carbocycles. The summed E-state index contributed by atoms with van der Waals surface area (Å²) < 4.78 is 27.0. The Bertz CT molecular complexity index is 1570. The lowest BCUT2D eigenvalue weighted by atomic mass is 10.1. The molecule has 1 N–H and O–H groups in total. The maximum atomic E-state index is 13.9. The quantitative estimate of drug-likeness (QED) is 0.270. The van der Waals surface area contributed by atoms with Gasteiger partial charge in [-0.2, -0.15) is 4.98 Å². The number of imidazole rings is 1. The number of carbonyl (C=O) groups is 2. The van der Waals surface area contributed by atoms with Crippen LogP contribution >= 0.6 is 0 Å². The molecule has 0 spiro atoms. The van der Waals surface area contributed by atoms with Crippen molar-refractivity contribution in [3.8, 4) is 34.4 Å². The van der Waals surface area contributed by atoms with Crippen LogP contribution in [0.4, 0.5) is 15.1 Å². The van der Waals surface area contributed by atoms with Gasteiger partial charge in [-0.1, -0.05) is 12.1 Å². The van der Waals surface area contributed by atoms with Gasteiger partial charge in [-0.25, -0.2) is 23.7 Å². The number of benzene rings is 2. The molecule has 3 heterocycles. The number of carbonyl (C=O) groups excluding carboxylic acids is 1. The number of halogens is 1. The van der Waals surface area contributed by atoms with Gasteiger partial charge in [0.25, 0.3) is 0 Å². The number of hydrogen-bond donors (Lipinski definition) is 1. The van der Waals surface area contributed by atoms with Crippen molar-refractivity contribution in [1.29, 1.82) is 0 Å². The Hall–Kier alpha value is -4.80. The third-order valence-corrected chi connectivity index (χ3v) is 6.56. The van der Waals surface area contributed by atoms with E-state index < -0.39 is 23.5 Å². The van der Waals surface area contributed by atoms with Crippen LogP contribution in [0.5, 0.6) is 11.8 Å². The summed E-state index contributed by atoms with van der Waals surface area (Å²) in [7, 11) is 0. The lowest BCUT2D eigenvalue weighted by molar-refractivity contribution is -0.136. The fourth-order valence-electron chi connectivity index (χ4n) is 4.72. The third kappa shape index (κ3) is 6.73. The molecule has 0 saturated carbocycles. The number of nitrogens with zero attached hydrogens (tertiary/aromatic N) is 5. The molecule has 10 nitrogen and oxygen atoms in total. The Balaban J connectivity index is 1.62. The van der Waals surface area contributed by atoms with E-state index in [9.17, 15) is 14.0 Å². The van der Waals surface area contributed by atoms with Gasteiger partial charge in [0, 0.05) is 24.8 Å². The van der Waals surface area contributed by atoms with Crippen molar-refractivity contribution in [2.24, 2.45) is 0 Å². The lowest BCUT2D eigenvalue weighted by Gasteiger charge is -2.29. The summed E-state index contributed by atoms with van der Waals surface area (Å²) in [6.45, 7) is 6.82. The highest BCUT2D eigenvalue weighted by Crippen LogP contribution is 2.37. The van der Waals surface area contributed by atoms with Gasteiger partial charge in [0.15, 0.2) is 0 Å². The first-order chi connectivity index (χ1) is 20.1. The number of carboxylic acids is 1.